The number of rotatable bonds is 3. The third-order valence-corrected chi connectivity index (χ3v) is 5.48. The van der Waals surface area contributed by atoms with Gasteiger partial charge in [0.2, 0.25) is 5.91 Å². The number of anilines is 1. The standard InChI is InChI=1S/C19H16ClFN4OS/c1-12(26)25(17-8-5-14(20)9-16(17)21)18-11-27-19(24(18)2)23-15-6-3-13(10-22)4-7-15/h3-9,18H,11H2,1-2H3. The van der Waals surface area contributed by atoms with Crippen LogP contribution >= 0.6 is 23.4 Å². The van der Waals surface area contributed by atoms with E-state index in [-0.39, 0.29) is 22.8 Å². The van der Waals surface area contributed by atoms with Gasteiger partial charge in [0.1, 0.15) is 12.0 Å². The van der Waals surface area contributed by atoms with Crippen LogP contribution in [0.2, 0.25) is 5.02 Å². The fourth-order valence-electron chi connectivity index (χ4n) is 2.79. The number of nitrogens with zero attached hydrogens (tertiary/aromatic N) is 4. The summed E-state index contributed by atoms with van der Waals surface area (Å²) in [7, 11) is 1.82. The van der Waals surface area contributed by atoms with E-state index in [2.05, 4.69) is 11.1 Å². The summed E-state index contributed by atoms with van der Waals surface area (Å²) in [6, 6.07) is 13.2. The maximum absolute atomic E-state index is 14.4. The normalized spacial score (nSPS) is 17.8. The monoisotopic (exact) mass is 402 g/mol. The third-order valence-electron chi connectivity index (χ3n) is 4.14. The molecule has 0 spiro atoms. The van der Waals surface area contributed by atoms with Crippen LogP contribution in [0.5, 0.6) is 0 Å². The molecule has 2 aromatic carbocycles. The molecule has 0 saturated carbocycles. The average Bonchev–Trinajstić information content (AvgIpc) is 2.98. The molecule has 0 aromatic heterocycles. The summed E-state index contributed by atoms with van der Waals surface area (Å²) in [6.45, 7) is 1.41. The zero-order valence-electron chi connectivity index (χ0n) is 14.7. The lowest BCUT2D eigenvalue weighted by Gasteiger charge is -2.33. The van der Waals surface area contributed by atoms with Gasteiger partial charge in [-0.2, -0.15) is 5.26 Å². The van der Waals surface area contributed by atoms with Crippen molar-refractivity contribution < 1.29 is 9.18 Å². The van der Waals surface area contributed by atoms with Crippen LogP contribution in [0.4, 0.5) is 15.8 Å². The van der Waals surface area contributed by atoms with Gasteiger partial charge < -0.3 is 4.90 Å². The Hall–Kier alpha value is -2.56. The van der Waals surface area contributed by atoms with Crippen LogP contribution < -0.4 is 4.90 Å². The van der Waals surface area contributed by atoms with Crippen molar-refractivity contribution in [3.8, 4) is 6.07 Å². The number of aliphatic imine (C=N–C) groups is 1. The van der Waals surface area contributed by atoms with Crippen molar-refractivity contribution in [1.82, 2.24) is 4.90 Å². The van der Waals surface area contributed by atoms with Gasteiger partial charge in [-0.3, -0.25) is 9.69 Å². The summed E-state index contributed by atoms with van der Waals surface area (Å²) in [5.41, 5.74) is 1.45. The quantitative estimate of drug-likeness (QED) is 0.763. The number of carbonyl (C=O) groups excluding carboxylic acids is 1. The maximum atomic E-state index is 14.4. The van der Waals surface area contributed by atoms with Gasteiger partial charge in [0.25, 0.3) is 0 Å². The Morgan fingerprint density at radius 3 is 2.67 bits per heavy atom. The molecule has 1 atom stereocenters. The summed E-state index contributed by atoms with van der Waals surface area (Å²) in [5, 5.41) is 9.86. The van der Waals surface area contributed by atoms with E-state index in [9.17, 15) is 9.18 Å². The highest BCUT2D eigenvalue weighted by Gasteiger charge is 2.35. The van der Waals surface area contributed by atoms with Gasteiger partial charge in [-0.05, 0) is 42.5 Å². The van der Waals surface area contributed by atoms with Gasteiger partial charge in [0.15, 0.2) is 5.17 Å². The van der Waals surface area contributed by atoms with E-state index < -0.39 is 5.82 Å². The van der Waals surface area contributed by atoms with Crippen molar-refractivity contribution in [3.05, 3.63) is 58.9 Å². The molecule has 1 heterocycles. The molecule has 0 N–H and O–H groups in total. The number of nitriles is 1. The molecular formula is C19H16ClFN4OS. The Bertz CT molecular complexity index is 942. The van der Waals surface area contributed by atoms with Crippen molar-refractivity contribution >= 4 is 45.8 Å². The Kier molecular flexibility index (Phi) is 5.68. The molecule has 0 radical (unpaired) electrons. The van der Waals surface area contributed by atoms with E-state index in [0.717, 1.165) is 0 Å². The molecule has 1 fully saturated rings. The first-order valence-corrected chi connectivity index (χ1v) is 9.46. The fraction of sp³-hybridized carbons (Fsp3) is 0.211. The van der Waals surface area contributed by atoms with Gasteiger partial charge in [-0.15, -0.1) is 0 Å². The molecule has 27 heavy (non-hydrogen) atoms. The van der Waals surface area contributed by atoms with Crippen LogP contribution in [0.1, 0.15) is 12.5 Å². The smallest absolute Gasteiger partial charge is 0.225 e. The summed E-state index contributed by atoms with van der Waals surface area (Å²) in [5.74, 6) is -0.269. The summed E-state index contributed by atoms with van der Waals surface area (Å²) in [6.07, 6.45) is -0.375. The van der Waals surface area contributed by atoms with Crippen molar-refractivity contribution in [2.24, 2.45) is 4.99 Å². The van der Waals surface area contributed by atoms with E-state index in [1.165, 1.54) is 35.7 Å². The number of hydrogen-bond donors (Lipinski definition) is 0. The fourth-order valence-corrected chi connectivity index (χ4v) is 4.11. The molecule has 3 rings (SSSR count). The minimum atomic E-state index is -0.548. The molecule has 1 aliphatic heterocycles. The molecular weight excluding hydrogens is 387 g/mol. The molecule has 1 unspecified atom stereocenters. The van der Waals surface area contributed by atoms with E-state index in [4.69, 9.17) is 16.9 Å². The number of thioether (sulfide) groups is 1. The molecule has 2 aromatic rings. The first-order valence-electron chi connectivity index (χ1n) is 8.10. The Morgan fingerprint density at radius 1 is 1.37 bits per heavy atom. The van der Waals surface area contributed by atoms with Crippen molar-refractivity contribution in [3.63, 3.8) is 0 Å². The molecule has 0 bridgehead atoms. The summed E-state index contributed by atoms with van der Waals surface area (Å²) >= 11 is 7.31. The largest absolute Gasteiger partial charge is 0.333 e. The van der Waals surface area contributed by atoms with Crippen molar-refractivity contribution in [1.29, 1.82) is 5.26 Å². The Labute approximate surface area is 166 Å². The first-order chi connectivity index (χ1) is 12.9. The molecule has 0 aliphatic carbocycles. The van der Waals surface area contributed by atoms with E-state index in [0.29, 0.717) is 22.2 Å². The second-order valence-corrected chi connectivity index (χ2v) is 7.36. The van der Waals surface area contributed by atoms with Crippen molar-refractivity contribution in [2.75, 3.05) is 17.7 Å². The molecule has 8 heteroatoms. The topological polar surface area (TPSA) is 59.7 Å². The van der Waals surface area contributed by atoms with Crippen molar-refractivity contribution in [2.45, 2.75) is 13.1 Å². The Morgan fingerprint density at radius 2 is 2.07 bits per heavy atom. The number of amides is 1. The number of benzene rings is 2. The van der Waals surface area contributed by atoms with Gasteiger partial charge in [-0.1, -0.05) is 23.4 Å². The minimum absolute atomic E-state index is 0.184. The predicted octanol–water partition coefficient (Wildman–Crippen LogP) is 4.40. The summed E-state index contributed by atoms with van der Waals surface area (Å²) in [4.78, 5) is 20.1. The zero-order chi connectivity index (χ0) is 19.6. The van der Waals surface area contributed by atoms with E-state index in [1.54, 1.807) is 30.3 Å². The second kappa shape index (κ2) is 7.99. The molecule has 1 saturated heterocycles. The summed E-state index contributed by atoms with van der Waals surface area (Å²) < 4.78 is 14.4. The second-order valence-electron chi connectivity index (χ2n) is 5.94. The molecule has 1 amide bonds. The van der Waals surface area contributed by atoms with Gasteiger partial charge in [-0.25, -0.2) is 9.38 Å². The van der Waals surface area contributed by atoms with Crippen LogP contribution in [0, 0.1) is 17.1 Å². The number of carbonyl (C=O) groups is 1. The van der Waals surface area contributed by atoms with Crippen LogP contribution in [0.15, 0.2) is 47.5 Å². The number of hydrogen-bond acceptors (Lipinski definition) is 4. The van der Waals surface area contributed by atoms with Crippen LogP contribution in [-0.4, -0.2) is 34.9 Å². The maximum Gasteiger partial charge on any atom is 0.225 e. The number of amidine groups is 1. The van der Waals surface area contributed by atoms with E-state index in [1.807, 2.05) is 11.9 Å². The number of halogens is 2. The lowest BCUT2D eigenvalue weighted by atomic mass is 10.2. The molecule has 5 nitrogen and oxygen atoms in total. The van der Waals surface area contributed by atoms with Crippen LogP contribution in [-0.2, 0) is 4.79 Å². The lowest BCUT2D eigenvalue weighted by molar-refractivity contribution is -0.117. The predicted molar refractivity (Wildman–Crippen MR) is 107 cm³/mol. The van der Waals surface area contributed by atoms with E-state index >= 15 is 0 Å². The van der Waals surface area contributed by atoms with Gasteiger partial charge in [0, 0.05) is 24.7 Å². The third kappa shape index (κ3) is 4.07. The zero-order valence-corrected chi connectivity index (χ0v) is 16.3. The minimum Gasteiger partial charge on any atom is -0.333 e. The lowest BCUT2D eigenvalue weighted by Crippen LogP contribution is -2.48. The highest BCUT2D eigenvalue weighted by molar-refractivity contribution is 8.14. The van der Waals surface area contributed by atoms with Gasteiger partial charge in [0.05, 0.1) is 23.0 Å². The first kappa shape index (κ1) is 19.2. The molecule has 138 valence electrons. The molecule has 1 aliphatic rings. The van der Waals surface area contributed by atoms with Crippen LogP contribution in [0.3, 0.4) is 0 Å². The highest BCUT2D eigenvalue weighted by Crippen LogP contribution is 2.32. The van der Waals surface area contributed by atoms with Crippen LogP contribution in [0.25, 0.3) is 0 Å². The average molecular weight is 403 g/mol. The Balaban J connectivity index is 1.89. The SMILES string of the molecule is CC(=O)N(c1ccc(Cl)cc1F)C1CSC(=Nc2ccc(C#N)cc2)N1C. The van der Waals surface area contributed by atoms with Gasteiger partial charge >= 0.3 is 0 Å². The highest BCUT2D eigenvalue weighted by atomic mass is 35.5.